The first-order valence-corrected chi connectivity index (χ1v) is 5.78. The van der Waals surface area contributed by atoms with E-state index >= 15 is 0 Å². The lowest BCUT2D eigenvalue weighted by Gasteiger charge is -2.10. The molecule has 0 saturated carbocycles. The number of hydrogen-bond acceptors (Lipinski definition) is 4. The first-order chi connectivity index (χ1) is 7.66. The number of rotatable bonds is 4. The summed E-state index contributed by atoms with van der Waals surface area (Å²) in [4.78, 5) is 15.8. The Bertz CT molecular complexity index is 514. The van der Waals surface area contributed by atoms with E-state index in [0.717, 1.165) is 10.6 Å². The smallest absolute Gasteiger partial charge is 0.323 e. The van der Waals surface area contributed by atoms with Crippen LogP contribution in [0.1, 0.15) is 17.4 Å². The van der Waals surface area contributed by atoms with Crippen molar-refractivity contribution in [3.05, 3.63) is 39.4 Å². The van der Waals surface area contributed by atoms with E-state index in [4.69, 9.17) is 0 Å². The highest BCUT2D eigenvalue weighted by atomic mass is 32.1. The maximum Gasteiger partial charge on any atom is 0.323 e. The molecule has 0 fully saturated rings. The van der Waals surface area contributed by atoms with E-state index in [9.17, 15) is 9.90 Å². The summed E-state index contributed by atoms with van der Waals surface area (Å²) in [6.07, 6.45) is 0.760. The number of thiophene rings is 1. The van der Waals surface area contributed by atoms with Crippen LogP contribution in [0.15, 0.2) is 22.4 Å². The van der Waals surface area contributed by atoms with Crippen molar-refractivity contribution in [2.45, 2.75) is 13.0 Å². The van der Waals surface area contributed by atoms with E-state index in [0.29, 0.717) is 12.2 Å². The van der Waals surface area contributed by atoms with Crippen LogP contribution in [-0.4, -0.2) is 21.6 Å². The molecule has 0 aliphatic rings. The molecule has 1 unspecified atom stereocenters. The largest absolute Gasteiger partial charge is 0.385 e. The molecule has 0 aromatic carbocycles. The van der Waals surface area contributed by atoms with Crippen molar-refractivity contribution in [2.75, 3.05) is 11.9 Å². The Hall–Kier alpha value is -1.53. The Morgan fingerprint density at radius 1 is 1.62 bits per heavy atom. The van der Waals surface area contributed by atoms with Crippen LogP contribution in [0.25, 0.3) is 0 Å². The summed E-state index contributed by atoms with van der Waals surface area (Å²) in [7, 11) is 0. The summed E-state index contributed by atoms with van der Waals surface area (Å²) in [5, 5.41) is 15.9. The fourth-order valence-corrected chi connectivity index (χ4v) is 2.21. The van der Waals surface area contributed by atoms with Gasteiger partial charge < -0.3 is 20.4 Å². The molecule has 4 N–H and O–H groups in total. The third-order valence-electron chi connectivity index (χ3n) is 2.29. The van der Waals surface area contributed by atoms with Gasteiger partial charge in [0.15, 0.2) is 0 Å². The molecular weight excluding hydrogens is 226 g/mol. The van der Waals surface area contributed by atoms with Crippen LogP contribution in [0.3, 0.4) is 0 Å². The molecule has 2 aromatic rings. The maximum absolute atomic E-state index is 10.8. The number of H-pyrrole nitrogens is 2. The number of anilines is 1. The fourth-order valence-electron chi connectivity index (χ4n) is 1.38. The number of nitrogens with one attached hydrogen (secondary N) is 3. The van der Waals surface area contributed by atoms with Gasteiger partial charge in [-0.05, 0) is 23.9 Å². The van der Waals surface area contributed by atoms with Crippen molar-refractivity contribution in [2.24, 2.45) is 0 Å². The summed E-state index contributed by atoms with van der Waals surface area (Å²) < 4.78 is 0. The van der Waals surface area contributed by atoms with Gasteiger partial charge >= 0.3 is 5.69 Å². The molecule has 0 aliphatic heterocycles. The first kappa shape index (κ1) is 11.0. The van der Waals surface area contributed by atoms with Gasteiger partial charge in [-0.3, -0.25) is 0 Å². The summed E-state index contributed by atoms with van der Waals surface area (Å²) in [6, 6.07) is 2.01. The number of aromatic amines is 2. The molecule has 0 saturated heterocycles. The van der Waals surface area contributed by atoms with Crippen LogP contribution in [0, 0.1) is 6.92 Å². The number of aryl methyl sites for hydroxylation is 1. The molecule has 6 heteroatoms. The zero-order valence-corrected chi connectivity index (χ0v) is 9.60. The highest BCUT2D eigenvalue weighted by Gasteiger charge is 2.10. The molecule has 0 spiro atoms. The Labute approximate surface area is 96.2 Å². The average molecular weight is 239 g/mol. The second kappa shape index (κ2) is 4.54. The van der Waals surface area contributed by atoms with Gasteiger partial charge in [-0.15, -0.1) is 11.3 Å². The van der Waals surface area contributed by atoms with E-state index in [1.54, 1.807) is 11.3 Å². The summed E-state index contributed by atoms with van der Waals surface area (Å²) in [5.74, 6) is 0. The number of hydrogen-bond donors (Lipinski definition) is 4. The van der Waals surface area contributed by atoms with Gasteiger partial charge in [0.1, 0.15) is 6.10 Å². The Morgan fingerprint density at radius 3 is 3.00 bits per heavy atom. The quantitative estimate of drug-likeness (QED) is 0.647. The van der Waals surface area contributed by atoms with E-state index in [1.807, 2.05) is 18.4 Å². The van der Waals surface area contributed by atoms with Crippen LogP contribution in [0.2, 0.25) is 0 Å². The van der Waals surface area contributed by atoms with Gasteiger partial charge in [0.25, 0.3) is 0 Å². The zero-order chi connectivity index (χ0) is 11.5. The lowest BCUT2D eigenvalue weighted by atomic mass is 10.2. The lowest BCUT2D eigenvalue weighted by molar-refractivity contribution is 0.187. The van der Waals surface area contributed by atoms with Gasteiger partial charge in [0, 0.05) is 12.7 Å². The Morgan fingerprint density at radius 2 is 2.44 bits per heavy atom. The third-order valence-corrected chi connectivity index (χ3v) is 3.27. The van der Waals surface area contributed by atoms with E-state index < -0.39 is 6.10 Å². The van der Waals surface area contributed by atoms with E-state index in [2.05, 4.69) is 15.3 Å². The second-order valence-corrected chi connectivity index (χ2v) is 4.44. The molecule has 0 radical (unpaired) electrons. The van der Waals surface area contributed by atoms with Crippen molar-refractivity contribution < 1.29 is 5.11 Å². The second-order valence-electron chi connectivity index (χ2n) is 3.53. The predicted octanol–water partition coefficient (Wildman–Crippen LogP) is 1.22. The monoisotopic (exact) mass is 239 g/mol. The van der Waals surface area contributed by atoms with Crippen molar-refractivity contribution >= 4 is 16.3 Å². The minimum Gasteiger partial charge on any atom is -0.385 e. The van der Waals surface area contributed by atoms with E-state index in [1.165, 1.54) is 6.20 Å². The van der Waals surface area contributed by atoms with Crippen LogP contribution >= 0.6 is 11.3 Å². The van der Waals surface area contributed by atoms with Crippen molar-refractivity contribution in [3.8, 4) is 0 Å². The Balaban J connectivity index is 1.96. The molecule has 2 rings (SSSR count). The third kappa shape index (κ3) is 2.34. The average Bonchev–Trinajstić information content (AvgIpc) is 2.84. The SMILES string of the molecule is Cc1ccsc1NCC(O)c1c[nH]c(=O)[nH]1. The van der Waals surface area contributed by atoms with E-state index in [-0.39, 0.29) is 5.69 Å². The fraction of sp³-hybridized carbons (Fsp3) is 0.300. The molecule has 16 heavy (non-hydrogen) atoms. The van der Waals surface area contributed by atoms with Crippen molar-refractivity contribution in [3.63, 3.8) is 0 Å². The highest BCUT2D eigenvalue weighted by Crippen LogP contribution is 2.22. The van der Waals surface area contributed by atoms with Crippen LogP contribution in [0.4, 0.5) is 5.00 Å². The van der Waals surface area contributed by atoms with Crippen molar-refractivity contribution in [1.29, 1.82) is 0 Å². The van der Waals surface area contributed by atoms with Crippen LogP contribution < -0.4 is 11.0 Å². The summed E-state index contributed by atoms with van der Waals surface area (Å²) in [6.45, 7) is 2.37. The van der Waals surface area contributed by atoms with Crippen molar-refractivity contribution in [1.82, 2.24) is 9.97 Å². The van der Waals surface area contributed by atoms with Gasteiger partial charge in [-0.1, -0.05) is 0 Å². The predicted molar refractivity (Wildman–Crippen MR) is 63.9 cm³/mol. The first-order valence-electron chi connectivity index (χ1n) is 4.90. The number of aromatic nitrogens is 2. The lowest BCUT2D eigenvalue weighted by Crippen LogP contribution is -2.13. The molecule has 1 atom stereocenters. The van der Waals surface area contributed by atoms with Gasteiger partial charge in [0.05, 0.1) is 10.7 Å². The molecule has 0 bridgehead atoms. The molecule has 0 amide bonds. The zero-order valence-electron chi connectivity index (χ0n) is 8.78. The summed E-state index contributed by atoms with van der Waals surface area (Å²) >= 11 is 1.59. The molecular formula is C10H13N3O2S. The Kier molecular flexibility index (Phi) is 3.12. The molecule has 0 aliphatic carbocycles. The van der Waals surface area contributed by atoms with Crippen LogP contribution in [-0.2, 0) is 0 Å². The standard InChI is InChI=1S/C10H13N3O2S/c1-6-2-3-16-9(6)11-5-8(14)7-4-12-10(15)13-7/h2-4,8,11,14H,5H2,1H3,(H2,12,13,15). The molecule has 2 aromatic heterocycles. The van der Waals surface area contributed by atoms with Gasteiger partial charge in [-0.2, -0.15) is 0 Å². The number of aliphatic hydroxyl groups is 1. The number of imidazole rings is 1. The normalized spacial score (nSPS) is 12.6. The molecule has 2 heterocycles. The molecule has 5 nitrogen and oxygen atoms in total. The highest BCUT2D eigenvalue weighted by molar-refractivity contribution is 7.14. The van der Waals surface area contributed by atoms with Gasteiger partial charge in [0.2, 0.25) is 0 Å². The van der Waals surface area contributed by atoms with Gasteiger partial charge in [-0.25, -0.2) is 4.79 Å². The minimum absolute atomic E-state index is 0.304. The topological polar surface area (TPSA) is 80.9 Å². The minimum atomic E-state index is -0.722. The molecule has 86 valence electrons. The maximum atomic E-state index is 10.8. The van der Waals surface area contributed by atoms with Crippen LogP contribution in [0.5, 0.6) is 0 Å². The summed E-state index contributed by atoms with van der Waals surface area (Å²) in [5.41, 5.74) is 1.34. The number of aliphatic hydroxyl groups excluding tert-OH is 1.